The van der Waals surface area contributed by atoms with Gasteiger partial charge in [-0.15, -0.1) is 0 Å². The number of hydrogen-bond acceptors (Lipinski definition) is 2. The molecule has 0 aromatic heterocycles. The van der Waals surface area contributed by atoms with Crippen molar-refractivity contribution in [3.63, 3.8) is 0 Å². The van der Waals surface area contributed by atoms with Gasteiger partial charge in [-0.2, -0.15) is 11.8 Å². The van der Waals surface area contributed by atoms with Crippen LogP contribution in [0.25, 0.3) is 0 Å². The van der Waals surface area contributed by atoms with Gasteiger partial charge in [0.15, 0.2) is 0 Å². The number of hydrogen-bond donors (Lipinski definition) is 1. The fourth-order valence-corrected chi connectivity index (χ4v) is 4.85. The molecule has 1 nitrogen and oxygen atoms in total. The van der Waals surface area contributed by atoms with Crippen molar-refractivity contribution in [2.24, 2.45) is 23.0 Å². The summed E-state index contributed by atoms with van der Waals surface area (Å²) in [6.45, 7) is 7.96. The third kappa shape index (κ3) is 4.91. The zero-order valence-corrected chi connectivity index (χ0v) is 15.0. The van der Waals surface area contributed by atoms with E-state index in [-0.39, 0.29) is 0 Å². The molecular weight excluding hydrogens is 298 g/mol. The SMILES string of the molecule is CC(C)(C)C1CCC(CN)C(SCc2ccc(Cl)cc2)C1. The third-order valence-electron chi connectivity index (χ3n) is 4.83. The van der Waals surface area contributed by atoms with Crippen molar-refractivity contribution < 1.29 is 0 Å². The molecule has 0 aliphatic heterocycles. The van der Waals surface area contributed by atoms with Gasteiger partial charge in [0.25, 0.3) is 0 Å². The minimum atomic E-state index is 0.415. The molecule has 0 saturated heterocycles. The van der Waals surface area contributed by atoms with Crippen LogP contribution in [0.1, 0.15) is 45.6 Å². The summed E-state index contributed by atoms with van der Waals surface area (Å²) in [5, 5.41) is 1.51. The zero-order chi connectivity index (χ0) is 15.5. The van der Waals surface area contributed by atoms with Gasteiger partial charge in [-0.05, 0) is 60.8 Å². The molecule has 3 unspecified atom stereocenters. The molecule has 2 N–H and O–H groups in total. The third-order valence-corrected chi connectivity index (χ3v) is 6.59. The summed E-state index contributed by atoms with van der Waals surface area (Å²) in [5.41, 5.74) is 7.78. The molecule has 1 aromatic rings. The monoisotopic (exact) mass is 325 g/mol. The lowest BCUT2D eigenvalue weighted by Gasteiger charge is -2.41. The summed E-state index contributed by atoms with van der Waals surface area (Å²) in [7, 11) is 0. The average molecular weight is 326 g/mol. The lowest BCUT2D eigenvalue weighted by molar-refractivity contribution is 0.157. The highest BCUT2D eigenvalue weighted by Crippen LogP contribution is 2.44. The van der Waals surface area contributed by atoms with Crippen LogP contribution >= 0.6 is 23.4 Å². The summed E-state index contributed by atoms with van der Waals surface area (Å²) in [5.74, 6) is 2.57. The standard InChI is InChI=1S/C18H28ClNS/c1-18(2,3)15-7-6-14(11-20)17(10-15)21-12-13-4-8-16(19)9-5-13/h4-5,8-9,14-15,17H,6-7,10-12,20H2,1-3H3. The maximum Gasteiger partial charge on any atom is 0.0406 e. The first-order valence-corrected chi connectivity index (χ1v) is 9.39. The first-order valence-electron chi connectivity index (χ1n) is 7.96. The largest absolute Gasteiger partial charge is 0.330 e. The highest BCUT2D eigenvalue weighted by Gasteiger charge is 2.35. The molecule has 118 valence electrons. The number of nitrogens with two attached hydrogens (primary N) is 1. The summed E-state index contributed by atoms with van der Waals surface area (Å²) >= 11 is 8.04. The first kappa shape index (κ1) is 17.2. The highest BCUT2D eigenvalue weighted by molar-refractivity contribution is 7.99. The Morgan fingerprint density at radius 3 is 2.43 bits per heavy atom. The predicted molar refractivity (Wildman–Crippen MR) is 95.9 cm³/mol. The van der Waals surface area contributed by atoms with Crippen molar-refractivity contribution in [2.75, 3.05) is 6.54 Å². The minimum Gasteiger partial charge on any atom is -0.330 e. The molecule has 0 bridgehead atoms. The Labute approximate surface area is 139 Å². The van der Waals surface area contributed by atoms with Gasteiger partial charge in [0.05, 0.1) is 0 Å². The molecule has 1 fully saturated rings. The lowest BCUT2D eigenvalue weighted by Crippen LogP contribution is -2.36. The Hall–Kier alpha value is -0.180. The van der Waals surface area contributed by atoms with Crippen molar-refractivity contribution >= 4 is 23.4 Å². The van der Waals surface area contributed by atoms with Gasteiger partial charge in [-0.1, -0.05) is 44.5 Å². The van der Waals surface area contributed by atoms with Gasteiger partial charge in [0, 0.05) is 16.0 Å². The van der Waals surface area contributed by atoms with Gasteiger partial charge in [-0.3, -0.25) is 0 Å². The summed E-state index contributed by atoms with van der Waals surface area (Å²) in [6.07, 6.45) is 3.93. The fourth-order valence-electron chi connectivity index (χ4n) is 3.24. The maximum absolute atomic E-state index is 6.01. The second-order valence-electron chi connectivity index (χ2n) is 7.35. The average Bonchev–Trinajstić information content (AvgIpc) is 2.45. The molecule has 0 spiro atoms. The molecule has 3 atom stereocenters. The van der Waals surface area contributed by atoms with Gasteiger partial charge in [-0.25, -0.2) is 0 Å². The van der Waals surface area contributed by atoms with E-state index in [1.807, 2.05) is 12.1 Å². The van der Waals surface area contributed by atoms with Crippen LogP contribution in [0.2, 0.25) is 5.02 Å². The molecule has 21 heavy (non-hydrogen) atoms. The summed E-state index contributed by atoms with van der Waals surface area (Å²) in [4.78, 5) is 0. The van der Waals surface area contributed by atoms with E-state index in [9.17, 15) is 0 Å². The summed E-state index contributed by atoms with van der Waals surface area (Å²) < 4.78 is 0. The van der Waals surface area contributed by atoms with Crippen LogP contribution in [0.5, 0.6) is 0 Å². The van der Waals surface area contributed by atoms with Crippen molar-refractivity contribution in [1.82, 2.24) is 0 Å². The normalized spacial score (nSPS) is 26.8. The highest BCUT2D eigenvalue weighted by atomic mass is 35.5. The Morgan fingerprint density at radius 1 is 1.19 bits per heavy atom. The van der Waals surface area contributed by atoms with Crippen LogP contribution in [0.15, 0.2) is 24.3 Å². The Kier molecular flexibility index (Phi) is 6.05. The number of rotatable bonds is 4. The summed E-state index contributed by atoms with van der Waals surface area (Å²) in [6, 6.07) is 8.24. The Bertz CT molecular complexity index is 438. The van der Waals surface area contributed by atoms with Crippen LogP contribution in [0.4, 0.5) is 0 Å². The molecular formula is C18H28ClNS. The van der Waals surface area contributed by atoms with E-state index < -0.39 is 0 Å². The van der Waals surface area contributed by atoms with E-state index in [1.54, 1.807) is 0 Å². The van der Waals surface area contributed by atoms with Crippen LogP contribution in [0, 0.1) is 17.3 Å². The number of thioether (sulfide) groups is 1. The van der Waals surface area contributed by atoms with Crippen molar-refractivity contribution in [2.45, 2.75) is 51.0 Å². The molecule has 1 aliphatic rings. The van der Waals surface area contributed by atoms with Gasteiger partial charge in [0.1, 0.15) is 0 Å². The van der Waals surface area contributed by atoms with Crippen LogP contribution in [-0.4, -0.2) is 11.8 Å². The maximum atomic E-state index is 6.01. The van der Waals surface area contributed by atoms with E-state index in [2.05, 4.69) is 44.7 Å². The van der Waals surface area contributed by atoms with Gasteiger partial charge in [0.2, 0.25) is 0 Å². The van der Waals surface area contributed by atoms with E-state index in [4.69, 9.17) is 17.3 Å². The van der Waals surface area contributed by atoms with Crippen molar-refractivity contribution in [3.8, 4) is 0 Å². The first-order chi connectivity index (χ1) is 9.90. The number of benzene rings is 1. The Balaban J connectivity index is 1.96. The second-order valence-corrected chi connectivity index (χ2v) is 9.01. The molecule has 0 amide bonds. The molecule has 0 radical (unpaired) electrons. The van der Waals surface area contributed by atoms with E-state index in [0.29, 0.717) is 16.6 Å². The van der Waals surface area contributed by atoms with E-state index in [1.165, 1.54) is 24.8 Å². The molecule has 1 saturated carbocycles. The molecule has 2 rings (SSSR count). The molecule has 0 heterocycles. The Morgan fingerprint density at radius 2 is 1.86 bits per heavy atom. The smallest absolute Gasteiger partial charge is 0.0406 e. The second kappa shape index (κ2) is 7.39. The zero-order valence-electron chi connectivity index (χ0n) is 13.4. The molecule has 1 aromatic carbocycles. The molecule has 3 heteroatoms. The van der Waals surface area contributed by atoms with Crippen molar-refractivity contribution in [1.29, 1.82) is 0 Å². The quantitative estimate of drug-likeness (QED) is 0.806. The van der Waals surface area contributed by atoms with E-state index in [0.717, 1.165) is 23.2 Å². The fraction of sp³-hybridized carbons (Fsp3) is 0.667. The molecule has 1 aliphatic carbocycles. The number of halogens is 1. The topological polar surface area (TPSA) is 26.0 Å². The van der Waals surface area contributed by atoms with Crippen LogP contribution in [-0.2, 0) is 5.75 Å². The van der Waals surface area contributed by atoms with Crippen molar-refractivity contribution in [3.05, 3.63) is 34.9 Å². The van der Waals surface area contributed by atoms with E-state index >= 15 is 0 Å². The lowest BCUT2D eigenvalue weighted by atomic mass is 9.69. The predicted octanol–water partition coefficient (Wildman–Crippen LogP) is 5.36. The van der Waals surface area contributed by atoms with Crippen LogP contribution in [0.3, 0.4) is 0 Å². The minimum absolute atomic E-state index is 0.415. The van der Waals surface area contributed by atoms with Gasteiger partial charge >= 0.3 is 0 Å². The van der Waals surface area contributed by atoms with Gasteiger partial charge < -0.3 is 5.73 Å². The van der Waals surface area contributed by atoms with Crippen LogP contribution < -0.4 is 5.73 Å².